The fraction of sp³-hybridized carbons (Fsp3) is 0.0952. The van der Waals surface area contributed by atoms with E-state index in [9.17, 15) is 4.79 Å². The predicted molar refractivity (Wildman–Crippen MR) is 114 cm³/mol. The largest absolute Gasteiger partial charge is 0.383 e. The number of fused-ring (bicyclic) bond motifs is 1. The lowest BCUT2D eigenvalue weighted by atomic mass is 10.0. The molecule has 2 aromatic heterocycles. The van der Waals surface area contributed by atoms with Crippen molar-refractivity contribution in [3.05, 3.63) is 66.2 Å². The number of benzene rings is 2. The number of aryl methyl sites for hydroxylation is 1. The van der Waals surface area contributed by atoms with Crippen molar-refractivity contribution >= 4 is 40.1 Å². The maximum Gasteiger partial charge on any atom is 0.191 e. The van der Waals surface area contributed by atoms with Crippen LogP contribution >= 0.6 is 11.8 Å². The van der Waals surface area contributed by atoms with Crippen molar-refractivity contribution in [1.29, 1.82) is 0 Å². The van der Waals surface area contributed by atoms with Gasteiger partial charge in [-0.2, -0.15) is 0 Å². The number of nitrogen functional groups attached to an aromatic ring is 2. The topological polar surface area (TPSA) is 99.8 Å². The van der Waals surface area contributed by atoms with Crippen LogP contribution in [0.15, 0.2) is 65.8 Å². The van der Waals surface area contributed by atoms with Crippen LogP contribution in [-0.2, 0) is 7.05 Å². The van der Waals surface area contributed by atoms with Gasteiger partial charge in [-0.15, -0.1) is 0 Å². The Kier molecular flexibility index (Phi) is 4.75. The first-order valence-electron chi connectivity index (χ1n) is 8.73. The molecule has 2 aromatic carbocycles. The lowest BCUT2D eigenvalue weighted by molar-refractivity contribution is 0.102. The van der Waals surface area contributed by atoms with Gasteiger partial charge >= 0.3 is 0 Å². The van der Waals surface area contributed by atoms with Crippen molar-refractivity contribution < 1.29 is 4.79 Å². The van der Waals surface area contributed by atoms with E-state index in [4.69, 9.17) is 11.5 Å². The van der Waals surface area contributed by atoms with Gasteiger partial charge in [0.25, 0.3) is 0 Å². The number of Topliss-reactive ketones (excluding diaryl/α,β-unsaturated/α-hetero) is 1. The number of nitrogens with two attached hydrogens (primary N) is 2. The normalized spacial score (nSPS) is 11.0. The summed E-state index contributed by atoms with van der Waals surface area (Å²) in [6, 6.07) is 19.3. The number of ketones is 1. The molecule has 6 nitrogen and oxygen atoms in total. The molecular formula is C21H19N5OS. The summed E-state index contributed by atoms with van der Waals surface area (Å²) in [6.45, 7) is 0. The molecule has 0 spiro atoms. The summed E-state index contributed by atoms with van der Waals surface area (Å²) in [4.78, 5) is 21.5. The van der Waals surface area contributed by atoms with Crippen LogP contribution < -0.4 is 11.5 Å². The molecule has 0 radical (unpaired) electrons. The summed E-state index contributed by atoms with van der Waals surface area (Å²) >= 11 is 1.23. The lowest BCUT2D eigenvalue weighted by Gasteiger charge is -2.08. The highest BCUT2D eigenvalue weighted by atomic mass is 32.2. The molecule has 7 heteroatoms. The van der Waals surface area contributed by atoms with E-state index in [0.29, 0.717) is 10.7 Å². The van der Waals surface area contributed by atoms with E-state index in [1.165, 1.54) is 17.8 Å². The Labute approximate surface area is 166 Å². The molecule has 0 aliphatic heterocycles. The van der Waals surface area contributed by atoms with Crippen LogP contribution in [-0.4, -0.2) is 26.1 Å². The number of para-hydroxylation sites is 1. The third kappa shape index (κ3) is 3.32. The van der Waals surface area contributed by atoms with Gasteiger partial charge in [0.1, 0.15) is 11.6 Å². The van der Waals surface area contributed by atoms with Crippen LogP contribution in [0.25, 0.3) is 22.2 Å². The number of anilines is 2. The molecule has 4 N–H and O–H groups in total. The molecule has 0 fully saturated rings. The Bertz CT molecular complexity index is 1150. The standard InChI is InChI=1S/C21H19N5OS/c1-26-15-10-6-5-9-14(15)19(20(26)13-7-3-2-4-8-13)16(27)12-28-21-24-17(22)11-18(23)25-21/h2-11H,12H2,1H3,(H4,22,23,24,25). The van der Waals surface area contributed by atoms with Gasteiger partial charge in [0, 0.05) is 24.0 Å². The Morgan fingerprint density at radius 3 is 2.36 bits per heavy atom. The number of aromatic nitrogens is 3. The smallest absolute Gasteiger partial charge is 0.191 e. The predicted octanol–water partition coefficient (Wildman–Crippen LogP) is 3.77. The lowest BCUT2D eigenvalue weighted by Crippen LogP contribution is -2.06. The zero-order valence-corrected chi connectivity index (χ0v) is 16.1. The monoisotopic (exact) mass is 389 g/mol. The zero-order chi connectivity index (χ0) is 19.7. The quantitative estimate of drug-likeness (QED) is 0.306. The molecular weight excluding hydrogens is 370 g/mol. The van der Waals surface area contributed by atoms with Gasteiger partial charge in [0.2, 0.25) is 0 Å². The van der Waals surface area contributed by atoms with Gasteiger partial charge < -0.3 is 16.0 Å². The summed E-state index contributed by atoms with van der Waals surface area (Å²) in [6.07, 6.45) is 0. The van der Waals surface area contributed by atoms with Crippen molar-refractivity contribution in [2.45, 2.75) is 5.16 Å². The van der Waals surface area contributed by atoms with Crippen molar-refractivity contribution in [3.63, 3.8) is 0 Å². The third-order valence-electron chi connectivity index (χ3n) is 4.51. The maximum absolute atomic E-state index is 13.3. The first kappa shape index (κ1) is 18.1. The van der Waals surface area contributed by atoms with Gasteiger partial charge in [-0.05, 0) is 11.6 Å². The summed E-state index contributed by atoms with van der Waals surface area (Å²) < 4.78 is 2.07. The molecule has 0 amide bonds. The molecule has 0 unspecified atom stereocenters. The summed E-state index contributed by atoms with van der Waals surface area (Å²) in [5, 5.41) is 1.33. The third-order valence-corrected chi connectivity index (χ3v) is 5.36. The van der Waals surface area contributed by atoms with Crippen LogP contribution in [0.5, 0.6) is 0 Å². The molecule has 2 heterocycles. The molecule has 0 saturated heterocycles. The number of carbonyl (C=O) groups excluding carboxylic acids is 1. The van der Waals surface area contributed by atoms with Crippen LogP contribution in [0.1, 0.15) is 10.4 Å². The van der Waals surface area contributed by atoms with E-state index in [-0.39, 0.29) is 23.2 Å². The second-order valence-electron chi connectivity index (χ2n) is 6.38. The first-order valence-corrected chi connectivity index (χ1v) is 9.72. The molecule has 4 aromatic rings. The van der Waals surface area contributed by atoms with Crippen molar-refractivity contribution in [2.75, 3.05) is 17.2 Å². The Balaban J connectivity index is 1.76. The van der Waals surface area contributed by atoms with E-state index in [1.54, 1.807) is 0 Å². The van der Waals surface area contributed by atoms with Gasteiger partial charge in [-0.25, -0.2) is 9.97 Å². The Morgan fingerprint density at radius 1 is 1.00 bits per heavy atom. The summed E-state index contributed by atoms with van der Waals surface area (Å²) in [5.41, 5.74) is 15.1. The molecule has 0 aliphatic rings. The molecule has 0 bridgehead atoms. The number of carbonyl (C=O) groups is 1. The minimum absolute atomic E-state index is 0.00486. The highest BCUT2D eigenvalue weighted by molar-refractivity contribution is 7.99. The molecule has 28 heavy (non-hydrogen) atoms. The first-order chi connectivity index (χ1) is 13.5. The number of nitrogens with zero attached hydrogens (tertiary/aromatic N) is 3. The van der Waals surface area contributed by atoms with E-state index < -0.39 is 0 Å². The average molecular weight is 389 g/mol. The van der Waals surface area contributed by atoms with Gasteiger partial charge in [0.15, 0.2) is 10.9 Å². The van der Waals surface area contributed by atoms with Gasteiger partial charge in [-0.1, -0.05) is 60.3 Å². The molecule has 0 saturated carbocycles. The Morgan fingerprint density at radius 2 is 1.64 bits per heavy atom. The fourth-order valence-electron chi connectivity index (χ4n) is 3.34. The second-order valence-corrected chi connectivity index (χ2v) is 7.32. The number of thioether (sulfide) groups is 1. The van der Waals surface area contributed by atoms with Crippen molar-refractivity contribution in [1.82, 2.24) is 14.5 Å². The second kappa shape index (κ2) is 7.36. The van der Waals surface area contributed by atoms with E-state index in [2.05, 4.69) is 14.5 Å². The number of rotatable bonds is 5. The summed E-state index contributed by atoms with van der Waals surface area (Å²) in [5.74, 6) is 0.775. The van der Waals surface area contributed by atoms with Gasteiger partial charge in [-0.3, -0.25) is 4.79 Å². The minimum Gasteiger partial charge on any atom is -0.383 e. The molecule has 0 aliphatic carbocycles. The van der Waals surface area contributed by atoms with E-state index in [0.717, 1.165) is 22.2 Å². The zero-order valence-electron chi connectivity index (χ0n) is 15.3. The Hall–Kier alpha value is -3.32. The van der Waals surface area contributed by atoms with E-state index in [1.807, 2.05) is 61.6 Å². The van der Waals surface area contributed by atoms with Crippen LogP contribution in [0, 0.1) is 0 Å². The minimum atomic E-state index is 0.00486. The van der Waals surface area contributed by atoms with E-state index >= 15 is 0 Å². The van der Waals surface area contributed by atoms with Crippen LogP contribution in [0.4, 0.5) is 11.6 Å². The number of hydrogen-bond donors (Lipinski definition) is 2. The fourth-order valence-corrected chi connectivity index (χ4v) is 4.08. The summed E-state index contributed by atoms with van der Waals surface area (Å²) in [7, 11) is 1.98. The highest BCUT2D eigenvalue weighted by Gasteiger charge is 2.22. The highest BCUT2D eigenvalue weighted by Crippen LogP contribution is 2.34. The maximum atomic E-state index is 13.3. The van der Waals surface area contributed by atoms with Crippen molar-refractivity contribution in [2.24, 2.45) is 7.05 Å². The molecule has 0 atom stereocenters. The number of hydrogen-bond acceptors (Lipinski definition) is 6. The average Bonchev–Trinajstić information content (AvgIpc) is 2.99. The molecule has 140 valence electrons. The van der Waals surface area contributed by atoms with Crippen LogP contribution in [0.3, 0.4) is 0 Å². The van der Waals surface area contributed by atoms with Crippen molar-refractivity contribution in [3.8, 4) is 11.3 Å². The molecule has 4 rings (SSSR count). The SMILES string of the molecule is Cn1c(-c2ccccc2)c(C(=O)CSc2nc(N)cc(N)n2)c2ccccc21. The van der Waals surface area contributed by atoms with Crippen LogP contribution in [0.2, 0.25) is 0 Å². The van der Waals surface area contributed by atoms with Gasteiger partial charge in [0.05, 0.1) is 17.0 Å².